The topological polar surface area (TPSA) is 48.5 Å². The minimum atomic E-state index is -0.270. The van der Waals surface area contributed by atoms with Crippen LogP contribution in [0.25, 0.3) is 6.08 Å². The number of carbonyl (C=O) groups is 1. The van der Waals surface area contributed by atoms with Crippen LogP contribution in [0.15, 0.2) is 91.3 Å². The standard InChI is InChI=1S/C29H30F2N4O/c30-26-10-6-24(7-11-26)29(25-8-12-27(31)13-9-25)35-20-18-34(19-21-35)17-2-1-16-33-28(36)14-5-23-4-3-15-32-22-23/h1-15,22,29H,16-21H2,(H,33,36). The van der Waals surface area contributed by atoms with E-state index in [-0.39, 0.29) is 23.6 Å². The van der Waals surface area contributed by atoms with Crippen LogP contribution in [0.3, 0.4) is 0 Å². The molecule has 2 heterocycles. The van der Waals surface area contributed by atoms with Crippen LogP contribution in [0.4, 0.5) is 8.78 Å². The highest BCUT2D eigenvalue weighted by Gasteiger charge is 2.26. The number of halogens is 2. The second kappa shape index (κ2) is 12.9. The Bertz CT molecular complexity index is 1110. The number of nitrogens with zero attached hydrogens (tertiary/aromatic N) is 3. The number of nitrogens with one attached hydrogen (secondary N) is 1. The fourth-order valence-corrected chi connectivity index (χ4v) is 4.28. The molecule has 1 fully saturated rings. The van der Waals surface area contributed by atoms with Crippen LogP contribution in [-0.4, -0.2) is 60.0 Å². The summed E-state index contributed by atoms with van der Waals surface area (Å²) in [6, 6.07) is 16.8. The number of benzene rings is 2. The molecule has 1 N–H and O–H groups in total. The maximum absolute atomic E-state index is 13.5. The molecule has 7 heteroatoms. The highest BCUT2D eigenvalue weighted by molar-refractivity contribution is 5.91. The number of rotatable bonds is 9. The highest BCUT2D eigenvalue weighted by Crippen LogP contribution is 2.30. The van der Waals surface area contributed by atoms with Gasteiger partial charge >= 0.3 is 0 Å². The number of piperazine rings is 1. The molecule has 186 valence electrons. The van der Waals surface area contributed by atoms with Gasteiger partial charge in [0.2, 0.25) is 5.91 Å². The van der Waals surface area contributed by atoms with Gasteiger partial charge in [0.25, 0.3) is 0 Å². The summed E-state index contributed by atoms with van der Waals surface area (Å²) in [7, 11) is 0. The Labute approximate surface area is 210 Å². The first-order chi connectivity index (χ1) is 17.6. The number of amides is 1. The smallest absolute Gasteiger partial charge is 0.244 e. The lowest BCUT2D eigenvalue weighted by molar-refractivity contribution is -0.116. The van der Waals surface area contributed by atoms with Crippen molar-refractivity contribution in [3.05, 3.63) is 120 Å². The van der Waals surface area contributed by atoms with Gasteiger partial charge in [0, 0.05) is 57.7 Å². The summed E-state index contributed by atoms with van der Waals surface area (Å²) in [5.41, 5.74) is 2.86. The second-order valence-electron chi connectivity index (χ2n) is 8.68. The first kappa shape index (κ1) is 25.4. The molecular weight excluding hydrogens is 458 g/mol. The fraction of sp³-hybridized carbons (Fsp3) is 0.241. The summed E-state index contributed by atoms with van der Waals surface area (Å²) in [4.78, 5) is 20.7. The molecule has 0 spiro atoms. The van der Waals surface area contributed by atoms with Gasteiger partial charge in [0.1, 0.15) is 11.6 Å². The Balaban J connectivity index is 1.25. The molecule has 1 aromatic heterocycles. The largest absolute Gasteiger partial charge is 0.349 e. The average Bonchev–Trinajstić information content (AvgIpc) is 2.91. The van der Waals surface area contributed by atoms with Gasteiger partial charge in [0.05, 0.1) is 6.04 Å². The van der Waals surface area contributed by atoms with Crippen LogP contribution in [-0.2, 0) is 4.79 Å². The number of hydrogen-bond acceptors (Lipinski definition) is 4. The molecule has 0 saturated carbocycles. The number of hydrogen-bond donors (Lipinski definition) is 1. The van der Waals surface area contributed by atoms with Gasteiger partial charge in [-0.05, 0) is 53.1 Å². The Hall–Kier alpha value is -3.68. The van der Waals surface area contributed by atoms with Crippen molar-refractivity contribution < 1.29 is 13.6 Å². The Morgan fingerprint density at radius 1 is 0.917 bits per heavy atom. The molecule has 0 aliphatic carbocycles. The van der Waals surface area contributed by atoms with Crippen LogP contribution in [0.5, 0.6) is 0 Å². The zero-order valence-corrected chi connectivity index (χ0v) is 20.1. The average molecular weight is 489 g/mol. The lowest BCUT2D eigenvalue weighted by Gasteiger charge is -2.39. The van der Waals surface area contributed by atoms with E-state index in [1.807, 2.05) is 18.2 Å². The molecule has 1 amide bonds. The van der Waals surface area contributed by atoms with Gasteiger partial charge in [0.15, 0.2) is 0 Å². The maximum atomic E-state index is 13.5. The van der Waals surface area contributed by atoms with Crippen molar-refractivity contribution in [2.24, 2.45) is 0 Å². The van der Waals surface area contributed by atoms with Crippen LogP contribution in [0, 0.1) is 11.6 Å². The molecule has 3 aromatic rings. The van der Waals surface area contributed by atoms with E-state index in [0.29, 0.717) is 6.54 Å². The molecule has 4 rings (SSSR count). The minimum absolute atomic E-state index is 0.0566. The third-order valence-electron chi connectivity index (χ3n) is 6.18. The van der Waals surface area contributed by atoms with Crippen LogP contribution >= 0.6 is 0 Å². The SMILES string of the molecule is O=C(C=Cc1cccnc1)NCC=CCN1CCN(C(c2ccc(F)cc2)c2ccc(F)cc2)CC1. The summed E-state index contributed by atoms with van der Waals surface area (Å²) in [5.74, 6) is -0.687. The van der Waals surface area contributed by atoms with E-state index < -0.39 is 0 Å². The van der Waals surface area contributed by atoms with Gasteiger partial charge in [-0.2, -0.15) is 0 Å². The van der Waals surface area contributed by atoms with E-state index in [0.717, 1.165) is 49.4 Å². The Morgan fingerprint density at radius 3 is 2.14 bits per heavy atom. The summed E-state index contributed by atoms with van der Waals surface area (Å²) in [6.45, 7) is 4.69. The predicted octanol–water partition coefficient (Wildman–Crippen LogP) is 4.45. The molecule has 1 saturated heterocycles. The van der Waals surface area contributed by atoms with E-state index in [2.05, 4.69) is 26.2 Å². The highest BCUT2D eigenvalue weighted by atomic mass is 19.1. The van der Waals surface area contributed by atoms with E-state index >= 15 is 0 Å². The van der Waals surface area contributed by atoms with E-state index in [4.69, 9.17) is 0 Å². The lowest BCUT2D eigenvalue weighted by atomic mass is 9.96. The summed E-state index contributed by atoms with van der Waals surface area (Å²) in [6.07, 6.45) is 10.7. The molecule has 36 heavy (non-hydrogen) atoms. The van der Waals surface area contributed by atoms with Crippen molar-refractivity contribution in [1.82, 2.24) is 20.1 Å². The first-order valence-electron chi connectivity index (χ1n) is 12.1. The first-order valence-corrected chi connectivity index (χ1v) is 12.1. The number of carbonyl (C=O) groups excluding carboxylic acids is 1. The Morgan fingerprint density at radius 2 is 1.56 bits per heavy atom. The van der Waals surface area contributed by atoms with Gasteiger partial charge in [-0.15, -0.1) is 0 Å². The number of pyridine rings is 1. The lowest BCUT2D eigenvalue weighted by Crippen LogP contribution is -2.47. The normalized spacial score (nSPS) is 15.2. The fourth-order valence-electron chi connectivity index (χ4n) is 4.28. The van der Waals surface area contributed by atoms with Crippen molar-refractivity contribution in [1.29, 1.82) is 0 Å². The van der Waals surface area contributed by atoms with E-state index in [1.165, 1.54) is 30.3 Å². The van der Waals surface area contributed by atoms with Crippen LogP contribution in [0.1, 0.15) is 22.7 Å². The van der Waals surface area contributed by atoms with Crippen molar-refractivity contribution in [3.8, 4) is 0 Å². The molecule has 1 aliphatic heterocycles. The number of aromatic nitrogens is 1. The van der Waals surface area contributed by atoms with Crippen molar-refractivity contribution in [3.63, 3.8) is 0 Å². The minimum Gasteiger partial charge on any atom is -0.349 e. The molecule has 5 nitrogen and oxygen atoms in total. The monoisotopic (exact) mass is 488 g/mol. The van der Waals surface area contributed by atoms with Crippen LogP contribution in [0.2, 0.25) is 0 Å². The molecule has 1 aliphatic rings. The molecule has 2 aromatic carbocycles. The van der Waals surface area contributed by atoms with Gasteiger partial charge in [-0.25, -0.2) is 8.78 Å². The summed E-state index contributed by atoms with van der Waals surface area (Å²) in [5, 5.41) is 2.84. The third kappa shape index (κ3) is 7.41. The van der Waals surface area contributed by atoms with Crippen molar-refractivity contribution in [2.75, 3.05) is 39.3 Å². The summed E-state index contributed by atoms with van der Waals surface area (Å²) < 4.78 is 27.0. The molecule has 0 atom stereocenters. The summed E-state index contributed by atoms with van der Waals surface area (Å²) >= 11 is 0. The van der Waals surface area contributed by atoms with E-state index in [9.17, 15) is 13.6 Å². The quantitative estimate of drug-likeness (QED) is 0.357. The molecule has 0 unspecified atom stereocenters. The second-order valence-corrected chi connectivity index (χ2v) is 8.68. The van der Waals surface area contributed by atoms with Crippen molar-refractivity contribution in [2.45, 2.75) is 6.04 Å². The maximum Gasteiger partial charge on any atom is 0.244 e. The van der Waals surface area contributed by atoms with Crippen LogP contribution < -0.4 is 5.32 Å². The van der Waals surface area contributed by atoms with Gasteiger partial charge in [-0.1, -0.05) is 42.5 Å². The Kier molecular flexibility index (Phi) is 9.08. The zero-order valence-electron chi connectivity index (χ0n) is 20.1. The molecule has 0 radical (unpaired) electrons. The van der Waals surface area contributed by atoms with Gasteiger partial charge in [-0.3, -0.25) is 19.6 Å². The van der Waals surface area contributed by atoms with E-state index in [1.54, 1.807) is 42.7 Å². The molecule has 0 bridgehead atoms. The van der Waals surface area contributed by atoms with Gasteiger partial charge < -0.3 is 5.32 Å². The molecular formula is C29H30F2N4O. The third-order valence-corrected chi connectivity index (χ3v) is 6.18. The predicted molar refractivity (Wildman–Crippen MR) is 138 cm³/mol. The van der Waals surface area contributed by atoms with Crippen molar-refractivity contribution >= 4 is 12.0 Å². The zero-order chi connectivity index (χ0) is 25.2.